The molecule has 2 fully saturated rings. The lowest BCUT2D eigenvalue weighted by molar-refractivity contribution is -0.126. The predicted octanol–water partition coefficient (Wildman–Crippen LogP) is 4.12. The molecule has 3 aliphatic rings. The van der Waals surface area contributed by atoms with Gasteiger partial charge in [-0.15, -0.1) is 0 Å². The zero-order valence-corrected chi connectivity index (χ0v) is 23.3. The normalized spacial score (nSPS) is 21.2. The van der Waals surface area contributed by atoms with E-state index in [2.05, 4.69) is 83.7 Å². The maximum Gasteiger partial charge on any atom is 0.246 e. The number of nitrogens with zero attached hydrogens (tertiary/aromatic N) is 6. The second-order valence-electron chi connectivity index (χ2n) is 11.1. The third kappa shape index (κ3) is 4.75. The second-order valence-corrected chi connectivity index (χ2v) is 11.1. The molecule has 4 heterocycles. The molecule has 8 nitrogen and oxygen atoms in total. The maximum atomic E-state index is 12.2. The van der Waals surface area contributed by atoms with Crippen molar-refractivity contribution in [2.24, 2.45) is 0 Å². The number of carbonyl (C=O) groups is 1. The summed E-state index contributed by atoms with van der Waals surface area (Å²) < 4.78 is 6.05. The summed E-state index contributed by atoms with van der Waals surface area (Å²) in [6.07, 6.45) is 2.39. The van der Waals surface area contributed by atoms with Gasteiger partial charge >= 0.3 is 0 Å². The highest BCUT2D eigenvalue weighted by Crippen LogP contribution is 2.39. The number of benzene rings is 2. The van der Waals surface area contributed by atoms with Crippen LogP contribution < -0.4 is 14.7 Å². The first-order valence-corrected chi connectivity index (χ1v) is 14.2. The van der Waals surface area contributed by atoms with Crippen molar-refractivity contribution < 1.29 is 9.53 Å². The summed E-state index contributed by atoms with van der Waals surface area (Å²) in [5, 5.41) is 13.0. The van der Waals surface area contributed by atoms with Crippen LogP contribution in [0.3, 0.4) is 0 Å². The SMILES string of the molecule is C=CC(=O)N1CCN(c2nc(N3CC(C)OC(C)C3)c3c(c2C#N)CN(c2cccc4ccccc24)CC3)CC1. The molecule has 2 saturated heterocycles. The van der Waals surface area contributed by atoms with Gasteiger partial charge in [0.1, 0.15) is 17.7 Å². The molecule has 206 valence electrons. The van der Waals surface area contributed by atoms with Crippen molar-refractivity contribution in [2.75, 3.05) is 60.5 Å². The number of carbonyl (C=O) groups excluding carboxylic acids is 1. The smallest absolute Gasteiger partial charge is 0.246 e. The molecule has 0 N–H and O–H groups in total. The minimum Gasteiger partial charge on any atom is -0.372 e. The molecule has 0 radical (unpaired) electrons. The fourth-order valence-electron chi connectivity index (χ4n) is 6.51. The van der Waals surface area contributed by atoms with Crippen molar-refractivity contribution in [1.29, 1.82) is 5.26 Å². The Morgan fingerprint density at radius 3 is 2.40 bits per heavy atom. The Kier molecular flexibility index (Phi) is 7.07. The summed E-state index contributed by atoms with van der Waals surface area (Å²) in [6, 6.07) is 17.5. The first kappa shape index (κ1) is 26.1. The van der Waals surface area contributed by atoms with E-state index in [1.807, 2.05) is 4.90 Å². The summed E-state index contributed by atoms with van der Waals surface area (Å²) >= 11 is 0. The van der Waals surface area contributed by atoms with Gasteiger partial charge in [0.15, 0.2) is 0 Å². The second kappa shape index (κ2) is 10.8. The van der Waals surface area contributed by atoms with Crippen LogP contribution in [0.1, 0.15) is 30.5 Å². The molecule has 1 aromatic heterocycles. The number of hydrogen-bond acceptors (Lipinski definition) is 7. The highest BCUT2D eigenvalue weighted by molar-refractivity contribution is 5.94. The number of amides is 1. The number of piperazine rings is 1. The minimum atomic E-state index is -0.0544. The molecule has 2 unspecified atom stereocenters. The molecule has 0 spiro atoms. The number of fused-ring (bicyclic) bond motifs is 2. The van der Waals surface area contributed by atoms with Crippen LogP contribution in [0.15, 0.2) is 55.1 Å². The van der Waals surface area contributed by atoms with Gasteiger partial charge in [-0.05, 0) is 43.4 Å². The Morgan fingerprint density at radius 1 is 0.950 bits per heavy atom. The fraction of sp³-hybridized carbons (Fsp3) is 0.406. The lowest BCUT2D eigenvalue weighted by Crippen LogP contribution is -2.49. The predicted molar refractivity (Wildman–Crippen MR) is 159 cm³/mol. The average Bonchev–Trinajstić information content (AvgIpc) is 2.98. The zero-order chi connectivity index (χ0) is 27.8. The molecule has 8 heteroatoms. The van der Waals surface area contributed by atoms with Crippen molar-refractivity contribution >= 4 is 34.0 Å². The average molecular weight is 537 g/mol. The Bertz CT molecular complexity index is 1470. The topological polar surface area (TPSA) is 75.9 Å². The minimum absolute atomic E-state index is 0.0544. The number of ether oxygens (including phenoxy) is 1. The van der Waals surface area contributed by atoms with E-state index in [0.717, 1.165) is 43.3 Å². The first-order chi connectivity index (χ1) is 19.5. The van der Waals surface area contributed by atoms with Gasteiger partial charge in [0.25, 0.3) is 0 Å². The summed E-state index contributed by atoms with van der Waals surface area (Å²) in [6.45, 7) is 13.3. The van der Waals surface area contributed by atoms with Crippen molar-refractivity contribution in [1.82, 2.24) is 9.88 Å². The highest BCUT2D eigenvalue weighted by atomic mass is 16.5. The number of nitriles is 1. The van der Waals surface area contributed by atoms with Crippen LogP contribution in [0, 0.1) is 11.3 Å². The molecule has 3 aromatic rings. The molecule has 0 saturated carbocycles. The molecular weight excluding hydrogens is 500 g/mol. The number of hydrogen-bond donors (Lipinski definition) is 0. The molecule has 2 atom stereocenters. The molecular formula is C32H36N6O2. The summed E-state index contributed by atoms with van der Waals surface area (Å²) in [5.41, 5.74) is 4.09. The van der Waals surface area contributed by atoms with Gasteiger partial charge in [-0.25, -0.2) is 4.98 Å². The van der Waals surface area contributed by atoms with Gasteiger partial charge in [-0.2, -0.15) is 5.26 Å². The molecule has 6 rings (SSSR count). The molecule has 40 heavy (non-hydrogen) atoms. The Labute approximate surface area is 236 Å². The Morgan fingerprint density at radius 2 is 1.68 bits per heavy atom. The van der Waals surface area contributed by atoms with Gasteiger partial charge < -0.3 is 24.3 Å². The number of anilines is 3. The summed E-state index contributed by atoms with van der Waals surface area (Å²) in [4.78, 5) is 26.2. The van der Waals surface area contributed by atoms with Crippen LogP contribution in [0.25, 0.3) is 10.8 Å². The van der Waals surface area contributed by atoms with Crippen LogP contribution in [0.5, 0.6) is 0 Å². The van der Waals surface area contributed by atoms with Crippen molar-refractivity contribution in [3.05, 3.63) is 71.8 Å². The largest absolute Gasteiger partial charge is 0.372 e. The van der Waals surface area contributed by atoms with E-state index >= 15 is 0 Å². The first-order valence-electron chi connectivity index (χ1n) is 14.2. The molecule has 1 amide bonds. The molecule has 3 aliphatic heterocycles. The maximum absolute atomic E-state index is 12.2. The number of pyridine rings is 1. The van der Waals surface area contributed by atoms with E-state index in [4.69, 9.17) is 9.72 Å². The van der Waals surface area contributed by atoms with Crippen LogP contribution in [0.4, 0.5) is 17.3 Å². The molecule has 0 aliphatic carbocycles. The van der Waals surface area contributed by atoms with E-state index in [0.29, 0.717) is 38.3 Å². The fourth-order valence-corrected chi connectivity index (χ4v) is 6.51. The third-order valence-corrected chi connectivity index (χ3v) is 8.36. The Hall–Kier alpha value is -4.09. The van der Waals surface area contributed by atoms with Crippen LogP contribution >= 0.6 is 0 Å². The van der Waals surface area contributed by atoms with E-state index in [-0.39, 0.29) is 18.1 Å². The zero-order valence-electron chi connectivity index (χ0n) is 23.3. The van der Waals surface area contributed by atoms with Crippen LogP contribution in [-0.4, -0.2) is 73.8 Å². The van der Waals surface area contributed by atoms with Gasteiger partial charge in [0.2, 0.25) is 5.91 Å². The standard InChI is InChI=1S/C32H36N6O2/c1-4-30(39)35-14-16-36(17-15-35)32-27(18-33)28-21-37(29-11-7-9-24-8-5-6-10-25(24)29)13-12-26(28)31(34-32)38-19-22(2)40-23(3)20-38/h4-11,22-23H,1,12-17,19-21H2,2-3H3. The lowest BCUT2D eigenvalue weighted by Gasteiger charge is -2.41. The molecule has 0 bridgehead atoms. The van der Waals surface area contributed by atoms with E-state index < -0.39 is 0 Å². The van der Waals surface area contributed by atoms with Crippen molar-refractivity contribution in [3.63, 3.8) is 0 Å². The number of rotatable bonds is 4. The van der Waals surface area contributed by atoms with Gasteiger partial charge in [-0.1, -0.05) is 43.0 Å². The monoisotopic (exact) mass is 536 g/mol. The van der Waals surface area contributed by atoms with Gasteiger partial charge in [0.05, 0.1) is 17.8 Å². The van der Waals surface area contributed by atoms with E-state index in [1.54, 1.807) is 0 Å². The van der Waals surface area contributed by atoms with E-state index in [1.165, 1.54) is 28.1 Å². The summed E-state index contributed by atoms with van der Waals surface area (Å²) in [5.74, 6) is 1.66. The van der Waals surface area contributed by atoms with E-state index in [9.17, 15) is 10.1 Å². The van der Waals surface area contributed by atoms with Crippen LogP contribution in [-0.2, 0) is 22.5 Å². The molecule has 2 aromatic carbocycles. The van der Waals surface area contributed by atoms with Gasteiger partial charge in [-0.3, -0.25) is 4.79 Å². The van der Waals surface area contributed by atoms with Crippen molar-refractivity contribution in [3.8, 4) is 6.07 Å². The Balaban J connectivity index is 1.43. The third-order valence-electron chi connectivity index (χ3n) is 8.36. The number of morpholine rings is 1. The quantitative estimate of drug-likeness (QED) is 0.465. The van der Waals surface area contributed by atoms with Crippen LogP contribution in [0.2, 0.25) is 0 Å². The van der Waals surface area contributed by atoms with Gasteiger partial charge in [0, 0.05) is 69.0 Å². The lowest BCUT2D eigenvalue weighted by atomic mass is 9.94. The van der Waals surface area contributed by atoms with Crippen molar-refractivity contribution in [2.45, 2.75) is 39.0 Å². The summed E-state index contributed by atoms with van der Waals surface area (Å²) in [7, 11) is 0. The highest BCUT2D eigenvalue weighted by Gasteiger charge is 2.33. The number of aromatic nitrogens is 1.